The molecule has 0 radical (unpaired) electrons. The van der Waals surface area contributed by atoms with Crippen LogP contribution in [0.15, 0.2) is 47.1 Å². The van der Waals surface area contributed by atoms with Gasteiger partial charge in [0, 0.05) is 17.1 Å². The van der Waals surface area contributed by atoms with Crippen LogP contribution < -0.4 is 10.1 Å². The van der Waals surface area contributed by atoms with Gasteiger partial charge in [-0.25, -0.2) is 4.98 Å². The second kappa shape index (κ2) is 6.80. The van der Waals surface area contributed by atoms with Gasteiger partial charge in [-0.1, -0.05) is 28.1 Å². The summed E-state index contributed by atoms with van der Waals surface area (Å²) in [7, 11) is 0. The Kier molecular flexibility index (Phi) is 5.06. The third-order valence-electron chi connectivity index (χ3n) is 2.53. The number of alkyl halides is 3. The molecule has 0 amide bonds. The maximum Gasteiger partial charge on any atom is 0.422 e. The standard InChI is InChI=1S/C14H12BrF3N2O/c15-11-3-1-10(2-4-11)7-19-12-5-6-13(20-8-12)21-9-14(16,17)18/h1-6,8,19H,7,9H2. The van der Waals surface area contributed by atoms with Crippen LogP contribution >= 0.6 is 15.9 Å². The lowest BCUT2D eigenvalue weighted by atomic mass is 10.2. The van der Waals surface area contributed by atoms with Crippen LogP contribution in [0, 0.1) is 0 Å². The molecule has 0 saturated heterocycles. The summed E-state index contributed by atoms with van der Waals surface area (Å²) < 4.78 is 41.5. The average molecular weight is 361 g/mol. The third kappa shape index (κ3) is 5.63. The molecule has 2 rings (SSSR count). The fourth-order valence-electron chi connectivity index (χ4n) is 1.53. The molecule has 1 aromatic carbocycles. The van der Waals surface area contributed by atoms with Gasteiger partial charge in [0.25, 0.3) is 0 Å². The molecule has 112 valence electrons. The Labute approximate surface area is 128 Å². The third-order valence-corrected chi connectivity index (χ3v) is 3.06. The summed E-state index contributed by atoms with van der Waals surface area (Å²) in [4.78, 5) is 3.82. The quantitative estimate of drug-likeness (QED) is 0.858. The molecule has 0 aliphatic rings. The first-order chi connectivity index (χ1) is 9.92. The number of anilines is 1. The summed E-state index contributed by atoms with van der Waals surface area (Å²) in [6, 6.07) is 10.8. The van der Waals surface area contributed by atoms with Crippen molar-refractivity contribution < 1.29 is 17.9 Å². The number of halogens is 4. The van der Waals surface area contributed by atoms with Gasteiger partial charge < -0.3 is 10.1 Å². The van der Waals surface area contributed by atoms with Crippen LogP contribution in [0.5, 0.6) is 5.88 Å². The fourth-order valence-corrected chi connectivity index (χ4v) is 1.80. The first kappa shape index (κ1) is 15.6. The normalized spacial score (nSPS) is 11.2. The average Bonchev–Trinajstić information content (AvgIpc) is 2.45. The van der Waals surface area contributed by atoms with E-state index in [4.69, 9.17) is 0 Å². The smallest absolute Gasteiger partial charge is 0.422 e. The van der Waals surface area contributed by atoms with Gasteiger partial charge in [0.2, 0.25) is 5.88 Å². The second-order valence-electron chi connectivity index (χ2n) is 4.27. The van der Waals surface area contributed by atoms with Gasteiger partial charge in [0.15, 0.2) is 6.61 Å². The van der Waals surface area contributed by atoms with Crippen molar-refractivity contribution in [3.63, 3.8) is 0 Å². The second-order valence-corrected chi connectivity index (χ2v) is 5.18. The number of benzene rings is 1. The SMILES string of the molecule is FC(F)(F)COc1ccc(NCc2ccc(Br)cc2)cn1. The minimum absolute atomic E-state index is 0.0542. The summed E-state index contributed by atoms with van der Waals surface area (Å²) in [6.45, 7) is -0.747. The Bertz CT molecular complexity index is 570. The molecule has 0 unspecified atom stereocenters. The van der Waals surface area contributed by atoms with Crippen LogP contribution in [-0.2, 0) is 6.54 Å². The molecule has 0 spiro atoms. The topological polar surface area (TPSA) is 34.1 Å². The number of pyridine rings is 1. The Hall–Kier alpha value is -1.76. The van der Waals surface area contributed by atoms with Gasteiger partial charge in [-0.2, -0.15) is 13.2 Å². The van der Waals surface area contributed by atoms with E-state index in [0.717, 1.165) is 10.0 Å². The van der Waals surface area contributed by atoms with Crippen LogP contribution in [0.2, 0.25) is 0 Å². The van der Waals surface area contributed by atoms with E-state index in [1.54, 1.807) is 6.07 Å². The Balaban J connectivity index is 1.86. The molecule has 0 saturated carbocycles. The van der Waals surface area contributed by atoms with Crippen LogP contribution in [-0.4, -0.2) is 17.8 Å². The van der Waals surface area contributed by atoms with Crippen molar-refractivity contribution in [2.45, 2.75) is 12.7 Å². The summed E-state index contributed by atoms with van der Waals surface area (Å²) in [6.07, 6.45) is -2.93. The fraction of sp³-hybridized carbons (Fsp3) is 0.214. The first-order valence-corrected chi connectivity index (χ1v) is 6.85. The lowest BCUT2D eigenvalue weighted by Gasteiger charge is -2.09. The van der Waals surface area contributed by atoms with E-state index in [1.807, 2.05) is 24.3 Å². The van der Waals surface area contributed by atoms with E-state index in [2.05, 4.69) is 31.0 Å². The number of hydrogen-bond acceptors (Lipinski definition) is 3. The van der Waals surface area contributed by atoms with E-state index in [0.29, 0.717) is 12.2 Å². The van der Waals surface area contributed by atoms with E-state index in [-0.39, 0.29) is 5.88 Å². The van der Waals surface area contributed by atoms with Crippen LogP contribution in [0.3, 0.4) is 0 Å². The molecule has 21 heavy (non-hydrogen) atoms. The van der Waals surface area contributed by atoms with Gasteiger partial charge in [0.1, 0.15) is 0 Å². The molecule has 0 aliphatic carbocycles. The summed E-state index contributed by atoms with van der Waals surface area (Å²) in [5, 5.41) is 3.12. The minimum Gasteiger partial charge on any atom is -0.468 e. The molecule has 3 nitrogen and oxygen atoms in total. The zero-order chi connectivity index (χ0) is 15.3. The molecule has 1 N–H and O–H groups in total. The predicted octanol–water partition coefficient (Wildman–Crippen LogP) is 4.40. The maximum absolute atomic E-state index is 12.0. The largest absolute Gasteiger partial charge is 0.468 e. The van der Waals surface area contributed by atoms with Crippen LogP contribution in [0.1, 0.15) is 5.56 Å². The lowest BCUT2D eigenvalue weighted by Crippen LogP contribution is -2.19. The van der Waals surface area contributed by atoms with Crippen molar-refractivity contribution in [1.82, 2.24) is 4.98 Å². The van der Waals surface area contributed by atoms with Crippen LogP contribution in [0.4, 0.5) is 18.9 Å². The Morgan fingerprint density at radius 2 is 1.81 bits per heavy atom. The highest BCUT2D eigenvalue weighted by atomic mass is 79.9. The molecule has 2 aromatic rings. The molecule has 0 bridgehead atoms. The van der Waals surface area contributed by atoms with Gasteiger partial charge >= 0.3 is 6.18 Å². The molecule has 1 heterocycles. The number of nitrogens with one attached hydrogen (secondary N) is 1. The molecule has 0 aliphatic heterocycles. The molecular weight excluding hydrogens is 349 g/mol. The molecular formula is C14H12BrF3N2O. The van der Waals surface area contributed by atoms with E-state index in [9.17, 15) is 13.2 Å². The van der Waals surface area contributed by atoms with Crippen molar-refractivity contribution in [2.75, 3.05) is 11.9 Å². The molecule has 0 fully saturated rings. The zero-order valence-corrected chi connectivity index (χ0v) is 12.4. The highest BCUT2D eigenvalue weighted by Gasteiger charge is 2.28. The monoisotopic (exact) mass is 360 g/mol. The van der Waals surface area contributed by atoms with Gasteiger partial charge in [-0.15, -0.1) is 0 Å². The Morgan fingerprint density at radius 1 is 1.10 bits per heavy atom. The summed E-state index contributed by atoms with van der Waals surface area (Å²) in [5.74, 6) is -0.0542. The Morgan fingerprint density at radius 3 is 2.38 bits per heavy atom. The first-order valence-electron chi connectivity index (χ1n) is 6.06. The van der Waals surface area contributed by atoms with E-state index in [1.165, 1.54) is 12.3 Å². The number of nitrogens with zero attached hydrogens (tertiary/aromatic N) is 1. The zero-order valence-electron chi connectivity index (χ0n) is 10.8. The van der Waals surface area contributed by atoms with E-state index < -0.39 is 12.8 Å². The summed E-state index contributed by atoms with van der Waals surface area (Å²) in [5.41, 5.74) is 1.79. The van der Waals surface area contributed by atoms with Crippen LogP contribution in [0.25, 0.3) is 0 Å². The van der Waals surface area contributed by atoms with Gasteiger partial charge in [-0.05, 0) is 23.8 Å². The van der Waals surface area contributed by atoms with Gasteiger partial charge in [-0.3, -0.25) is 0 Å². The number of ether oxygens (including phenoxy) is 1. The highest BCUT2D eigenvalue weighted by molar-refractivity contribution is 9.10. The van der Waals surface area contributed by atoms with Crippen molar-refractivity contribution in [1.29, 1.82) is 0 Å². The maximum atomic E-state index is 12.0. The minimum atomic E-state index is -4.36. The lowest BCUT2D eigenvalue weighted by molar-refractivity contribution is -0.154. The molecule has 1 aromatic heterocycles. The number of hydrogen-bond donors (Lipinski definition) is 1. The predicted molar refractivity (Wildman–Crippen MR) is 77.3 cm³/mol. The van der Waals surface area contributed by atoms with Crippen molar-refractivity contribution in [3.8, 4) is 5.88 Å². The van der Waals surface area contributed by atoms with Crippen molar-refractivity contribution in [2.24, 2.45) is 0 Å². The highest BCUT2D eigenvalue weighted by Crippen LogP contribution is 2.18. The van der Waals surface area contributed by atoms with Gasteiger partial charge in [0.05, 0.1) is 11.9 Å². The molecule has 0 atom stereocenters. The van der Waals surface area contributed by atoms with Crippen molar-refractivity contribution >= 4 is 21.6 Å². The van der Waals surface area contributed by atoms with E-state index >= 15 is 0 Å². The van der Waals surface area contributed by atoms with Crippen molar-refractivity contribution in [3.05, 3.63) is 52.6 Å². The number of rotatable bonds is 5. The summed E-state index contributed by atoms with van der Waals surface area (Å²) >= 11 is 3.35. The molecule has 7 heteroatoms. The number of aromatic nitrogens is 1.